The van der Waals surface area contributed by atoms with E-state index in [2.05, 4.69) is 14.7 Å². The average molecular weight is 396 g/mol. The fraction of sp³-hybridized carbons (Fsp3) is 0.0909. The average Bonchev–Trinajstić information content (AvgIpc) is 3.12. The molecule has 0 radical (unpaired) electrons. The minimum atomic E-state index is -4.83. The van der Waals surface area contributed by atoms with Gasteiger partial charge < -0.3 is 9.72 Å². The third kappa shape index (κ3) is 3.85. The second-order valence-electron chi connectivity index (χ2n) is 6.54. The second kappa shape index (κ2) is 7.09. The number of aromatic nitrogens is 2. The smallest absolute Gasteiger partial charge is 0.406 e. The van der Waals surface area contributed by atoms with Gasteiger partial charge in [-0.2, -0.15) is 0 Å². The standard InChI is InChI=1S/C22H15F3N2O2/c1-13-7-8-16(29-22(23,24)25)10-17(13)20(28)19-12-27-21-18(19)9-15(11-26-21)14-5-3-2-4-6-14/h2-12H,1H3,(H,26,27). The van der Waals surface area contributed by atoms with Gasteiger partial charge >= 0.3 is 6.36 Å². The van der Waals surface area contributed by atoms with E-state index in [-0.39, 0.29) is 5.56 Å². The topological polar surface area (TPSA) is 55.0 Å². The number of rotatable bonds is 4. The number of nitrogens with zero attached hydrogens (tertiary/aromatic N) is 1. The van der Waals surface area contributed by atoms with Crippen LogP contribution in [0.1, 0.15) is 21.5 Å². The highest BCUT2D eigenvalue weighted by Crippen LogP contribution is 2.29. The Bertz CT molecular complexity index is 1200. The number of halogens is 3. The van der Waals surface area contributed by atoms with Crippen molar-refractivity contribution >= 4 is 16.8 Å². The van der Waals surface area contributed by atoms with E-state index in [9.17, 15) is 18.0 Å². The van der Waals surface area contributed by atoms with E-state index >= 15 is 0 Å². The van der Waals surface area contributed by atoms with Crippen molar-refractivity contribution in [3.63, 3.8) is 0 Å². The van der Waals surface area contributed by atoms with Gasteiger partial charge in [0.15, 0.2) is 5.78 Å². The summed E-state index contributed by atoms with van der Waals surface area (Å²) in [6.07, 6.45) is -1.61. The molecule has 29 heavy (non-hydrogen) atoms. The van der Waals surface area contributed by atoms with Gasteiger partial charge in [-0.25, -0.2) is 4.98 Å². The van der Waals surface area contributed by atoms with E-state index in [4.69, 9.17) is 0 Å². The molecule has 0 aliphatic heterocycles. The number of H-pyrrole nitrogens is 1. The van der Waals surface area contributed by atoms with Gasteiger partial charge in [-0.05, 0) is 36.2 Å². The highest BCUT2D eigenvalue weighted by atomic mass is 19.4. The second-order valence-corrected chi connectivity index (χ2v) is 6.54. The Morgan fingerprint density at radius 1 is 1.00 bits per heavy atom. The number of aryl methyl sites for hydroxylation is 1. The molecule has 2 aromatic heterocycles. The summed E-state index contributed by atoms with van der Waals surface area (Å²) in [7, 11) is 0. The maximum atomic E-state index is 13.1. The maximum absolute atomic E-state index is 13.1. The molecule has 0 saturated carbocycles. The molecule has 2 heterocycles. The maximum Gasteiger partial charge on any atom is 0.573 e. The van der Waals surface area contributed by atoms with Gasteiger partial charge in [0, 0.05) is 34.5 Å². The Morgan fingerprint density at radius 3 is 2.48 bits per heavy atom. The van der Waals surface area contributed by atoms with Crippen LogP contribution in [0, 0.1) is 6.92 Å². The summed E-state index contributed by atoms with van der Waals surface area (Å²) in [5, 5.41) is 0.595. The first-order valence-corrected chi connectivity index (χ1v) is 8.75. The number of carbonyl (C=O) groups excluding carboxylic acids is 1. The first-order chi connectivity index (χ1) is 13.8. The van der Waals surface area contributed by atoms with E-state index < -0.39 is 17.9 Å². The van der Waals surface area contributed by atoms with Crippen molar-refractivity contribution in [3.05, 3.63) is 83.7 Å². The Balaban J connectivity index is 1.77. The number of benzene rings is 2. The predicted octanol–water partition coefficient (Wildman–Crippen LogP) is 5.67. The molecule has 0 unspecified atom stereocenters. The van der Waals surface area contributed by atoms with Crippen LogP contribution in [0.4, 0.5) is 13.2 Å². The molecule has 1 N–H and O–H groups in total. The van der Waals surface area contributed by atoms with Crippen molar-refractivity contribution in [3.8, 4) is 16.9 Å². The lowest BCUT2D eigenvalue weighted by molar-refractivity contribution is -0.274. The summed E-state index contributed by atoms with van der Waals surface area (Å²) in [4.78, 5) is 20.4. The number of fused-ring (bicyclic) bond motifs is 1. The number of hydrogen-bond acceptors (Lipinski definition) is 3. The van der Waals surface area contributed by atoms with Crippen molar-refractivity contribution in [1.29, 1.82) is 0 Å². The molecule has 0 fully saturated rings. The summed E-state index contributed by atoms with van der Waals surface area (Å²) in [5.41, 5.74) is 3.31. The molecule has 7 heteroatoms. The van der Waals surface area contributed by atoms with Crippen LogP contribution >= 0.6 is 0 Å². The van der Waals surface area contributed by atoms with E-state index in [1.807, 2.05) is 36.4 Å². The number of ketones is 1. The summed E-state index contributed by atoms with van der Waals surface area (Å²) in [6, 6.07) is 15.1. The molecular formula is C22H15F3N2O2. The quantitative estimate of drug-likeness (QED) is 0.452. The summed E-state index contributed by atoms with van der Waals surface area (Å²) >= 11 is 0. The van der Waals surface area contributed by atoms with Crippen LogP contribution in [-0.2, 0) is 0 Å². The van der Waals surface area contributed by atoms with Crippen molar-refractivity contribution in [2.45, 2.75) is 13.3 Å². The van der Waals surface area contributed by atoms with Crippen molar-refractivity contribution in [1.82, 2.24) is 9.97 Å². The van der Waals surface area contributed by atoms with Crippen LogP contribution in [0.2, 0.25) is 0 Å². The lowest BCUT2D eigenvalue weighted by atomic mass is 9.98. The number of alkyl halides is 3. The van der Waals surface area contributed by atoms with Crippen LogP contribution in [0.5, 0.6) is 5.75 Å². The number of ether oxygens (including phenoxy) is 1. The van der Waals surface area contributed by atoms with E-state index in [1.165, 1.54) is 18.3 Å². The lowest BCUT2D eigenvalue weighted by Gasteiger charge is -2.11. The minimum Gasteiger partial charge on any atom is -0.406 e. The fourth-order valence-electron chi connectivity index (χ4n) is 3.17. The van der Waals surface area contributed by atoms with Crippen LogP contribution in [-0.4, -0.2) is 22.1 Å². The van der Waals surface area contributed by atoms with Crippen LogP contribution in [0.15, 0.2) is 67.0 Å². The third-order valence-corrected chi connectivity index (χ3v) is 4.57. The number of carbonyl (C=O) groups is 1. The minimum absolute atomic E-state index is 0.137. The van der Waals surface area contributed by atoms with Gasteiger partial charge in [-0.1, -0.05) is 36.4 Å². The molecular weight excluding hydrogens is 381 g/mol. The molecule has 146 valence electrons. The largest absolute Gasteiger partial charge is 0.573 e. The third-order valence-electron chi connectivity index (χ3n) is 4.57. The highest BCUT2D eigenvalue weighted by molar-refractivity contribution is 6.17. The van der Waals surface area contributed by atoms with Gasteiger partial charge in [-0.15, -0.1) is 13.2 Å². The number of nitrogens with one attached hydrogen (secondary N) is 1. The van der Waals surface area contributed by atoms with Gasteiger partial charge in [0.05, 0.1) is 0 Å². The molecule has 0 aliphatic carbocycles. The van der Waals surface area contributed by atoms with Gasteiger partial charge in [0.2, 0.25) is 0 Å². The summed E-state index contributed by atoms with van der Waals surface area (Å²) in [5.74, 6) is -0.845. The van der Waals surface area contributed by atoms with Crippen molar-refractivity contribution in [2.75, 3.05) is 0 Å². The van der Waals surface area contributed by atoms with Crippen LogP contribution < -0.4 is 4.74 Å². The molecule has 0 aliphatic rings. The predicted molar refractivity (Wildman–Crippen MR) is 103 cm³/mol. The number of aromatic amines is 1. The zero-order valence-corrected chi connectivity index (χ0v) is 15.2. The van der Waals surface area contributed by atoms with E-state index in [0.29, 0.717) is 22.2 Å². The first-order valence-electron chi connectivity index (χ1n) is 8.75. The molecule has 4 rings (SSSR count). The number of hydrogen-bond donors (Lipinski definition) is 1. The number of pyridine rings is 1. The molecule has 0 atom stereocenters. The SMILES string of the molecule is Cc1ccc(OC(F)(F)F)cc1C(=O)c1c[nH]c2ncc(-c3ccccc3)cc12. The van der Waals surface area contributed by atoms with Crippen LogP contribution in [0.25, 0.3) is 22.2 Å². The summed E-state index contributed by atoms with van der Waals surface area (Å²) in [6.45, 7) is 1.66. The molecule has 0 amide bonds. The first kappa shape index (κ1) is 18.7. The monoisotopic (exact) mass is 396 g/mol. The Kier molecular flexibility index (Phi) is 4.58. The van der Waals surface area contributed by atoms with E-state index in [0.717, 1.165) is 17.2 Å². The zero-order chi connectivity index (χ0) is 20.6. The lowest BCUT2D eigenvalue weighted by Crippen LogP contribution is -2.17. The zero-order valence-electron chi connectivity index (χ0n) is 15.2. The van der Waals surface area contributed by atoms with E-state index in [1.54, 1.807) is 13.1 Å². The summed E-state index contributed by atoms with van der Waals surface area (Å²) < 4.78 is 41.6. The Morgan fingerprint density at radius 2 is 1.76 bits per heavy atom. The highest BCUT2D eigenvalue weighted by Gasteiger charge is 2.31. The fourth-order valence-corrected chi connectivity index (χ4v) is 3.17. The normalized spacial score (nSPS) is 11.6. The Labute approximate surface area is 164 Å². The molecule has 0 bridgehead atoms. The molecule has 0 saturated heterocycles. The van der Waals surface area contributed by atoms with Gasteiger partial charge in [-0.3, -0.25) is 4.79 Å². The molecule has 2 aromatic carbocycles. The Hall–Kier alpha value is -3.61. The molecule has 0 spiro atoms. The van der Waals surface area contributed by atoms with Crippen molar-refractivity contribution < 1.29 is 22.7 Å². The molecule has 4 nitrogen and oxygen atoms in total. The van der Waals surface area contributed by atoms with Gasteiger partial charge in [0.25, 0.3) is 0 Å². The van der Waals surface area contributed by atoms with Crippen molar-refractivity contribution in [2.24, 2.45) is 0 Å². The van der Waals surface area contributed by atoms with Gasteiger partial charge in [0.1, 0.15) is 11.4 Å². The molecule has 4 aromatic rings. The van der Waals surface area contributed by atoms with Crippen LogP contribution in [0.3, 0.4) is 0 Å².